The van der Waals surface area contributed by atoms with Crippen LogP contribution in [0, 0.1) is 5.92 Å². The Morgan fingerprint density at radius 3 is 2.32 bits per heavy atom. The zero-order valence-electron chi connectivity index (χ0n) is 13.0. The number of likely N-dealkylation sites (tertiary alicyclic amines) is 1. The van der Waals surface area contributed by atoms with Gasteiger partial charge in [0.25, 0.3) is 0 Å². The molecule has 0 amide bonds. The highest BCUT2D eigenvalue weighted by molar-refractivity contribution is 4.70. The van der Waals surface area contributed by atoms with E-state index in [1.165, 1.54) is 32.4 Å². The number of nitrogens with one attached hydrogen (secondary N) is 1. The molecular formula is C15H32N2O2. The average Bonchev–Trinajstić information content (AvgIpc) is 2.41. The second-order valence-corrected chi connectivity index (χ2v) is 5.41. The molecule has 0 aromatic rings. The summed E-state index contributed by atoms with van der Waals surface area (Å²) in [5.41, 5.74) is 0. The lowest BCUT2D eigenvalue weighted by Crippen LogP contribution is -2.32. The van der Waals surface area contributed by atoms with Gasteiger partial charge in [0, 0.05) is 19.6 Å². The molecule has 114 valence electrons. The van der Waals surface area contributed by atoms with Crippen LogP contribution in [0.1, 0.15) is 39.5 Å². The normalized spacial score (nSPS) is 18.3. The molecule has 0 saturated carbocycles. The van der Waals surface area contributed by atoms with E-state index in [9.17, 15) is 0 Å². The van der Waals surface area contributed by atoms with E-state index in [2.05, 4.69) is 17.3 Å². The minimum Gasteiger partial charge on any atom is -0.353 e. The Labute approximate surface area is 118 Å². The summed E-state index contributed by atoms with van der Waals surface area (Å²) in [7, 11) is 2.22. The largest absolute Gasteiger partial charge is 0.353 e. The Hall–Kier alpha value is -0.160. The summed E-state index contributed by atoms with van der Waals surface area (Å²) in [6.07, 6.45) is 4.93. The van der Waals surface area contributed by atoms with Gasteiger partial charge < -0.3 is 19.7 Å². The molecule has 0 radical (unpaired) electrons. The van der Waals surface area contributed by atoms with E-state index >= 15 is 0 Å². The Morgan fingerprint density at radius 2 is 1.74 bits per heavy atom. The fraction of sp³-hybridized carbons (Fsp3) is 1.00. The van der Waals surface area contributed by atoms with Crippen LogP contribution in [0.25, 0.3) is 0 Å². The van der Waals surface area contributed by atoms with Gasteiger partial charge in [-0.05, 0) is 72.3 Å². The molecule has 1 aliphatic heterocycles. The lowest BCUT2D eigenvalue weighted by atomic mass is 9.94. The van der Waals surface area contributed by atoms with E-state index < -0.39 is 0 Å². The van der Waals surface area contributed by atoms with Crippen LogP contribution in [0.5, 0.6) is 0 Å². The number of nitrogens with zero attached hydrogens (tertiary/aromatic N) is 1. The van der Waals surface area contributed by atoms with Gasteiger partial charge in [-0.3, -0.25) is 0 Å². The summed E-state index contributed by atoms with van der Waals surface area (Å²) in [6, 6.07) is 0. The molecule has 0 aromatic heterocycles. The van der Waals surface area contributed by atoms with Gasteiger partial charge in [-0.15, -0.1) is 0 Å². The van der Waals surface area contributed by atoms with E-state index in [1.807, 2.05) is 13.8 Å². The second-order valence-electron chi connectivity index (χ2n) is 5.41. The molecule has 0 spiro atoms. The number of hydrogen-bond acceptors (Lipinski definition) is 4. The van der Waals surface area contributed by atoms with E-state index in [0.29, 0.717) is 0 Å². The van der Waals surface area contributed by atoms with Crippen molar-refractivity contribution in [1.29, 1.82) is 0 Å². The number of piperidine rings is 1. The van der Waals surface area contributed by atoms with Crippen molar-refractivity contribution in [2.75, 3.05) is 46.4 Å². The molecule has 1 saturated heterocycles. The molecule has 1 N–H and O–H groups in total. The Bertz CT molecular complexity index is 200. The van der Waals surface area contributed by atoms with Crippen molar-refractivity contribution in [1.82, 2.24) is 10.2 Å². The van der Waals surface area contributed by atoms with Gasteiger partial charge in [-0.1, -0.05) is 0 Å². The van der Waals surface area contributed by atoms with Crippen molar-refractivity contribution in [2.45, 2.75) is 45.8 Å². The van der Waals surface area contributed by atoms with Crippen LogP contribution in [0.4, 0.5) is 0 Å². The molecule has 1 rings (SSSR count). The first-order valence-electron chi connectivity index (χ1n) is 7.88. The summed E-state index contributed by atoms with van der Waals surface area (Å²) in [5, 5.41) is 3.52. The monoisotopic (exact) mass is 272 g/mol. The van der Waals surface area contributed by atoms with Crippen molar-refractivity contribution in [2.24, 2.45) is 5.92 Å². The van der Waals surface area contributed by atoms with Crippen LogP contribution < -0.4 is 5.32 Å². The van der Waals surface area contributed by atoms with Crippen molar-refractivity contribution < 1.29 is 9.47 Å². The summed E-state index contributed by atoms with van der Waals surface area (Å²) in [5.74, 6) is 0.915. The zero-order valence-corrected chi connectivity index (χ0v) is 13.0. The Kier molecular flexibility index (Phi) is 9.43. The van der Waals surface area contributed by atoms with Crippen LogP contribution >= 0.6 is 0 Å². The smallest absolute Gasteiger partial charge is 0.158 e. The highest BCUT2D eigenvalue weighted by atomic mass is 16.7. The van der Waals surface area contributed by atoms with E-state index in [-0.39, 0.29) is 6.29 Å². The van der Waals surface area contributed by atoms with E-state index in [4.69, 9.17) is 9.47 Å². The lowest BCUT2D eigenvalue weighted by molar-refractivity contribution is -0.138. The number of hydrogen-bond donors (Lipinski definition) is 1. The quantitative estimate of drug-likeness (QED) is 0.488. The number of ether oxygens (including phenoxy) is 2. The SMILES string of the molecule is CCOC(CCNCCC1CCN(C)CC1)OCC. The molecule has 4 heteroatoms. The topological polar surface area (TPSA) is 33.7 Å². The molecule has 4 nitrogen and oxygen atoms in total. The zero-order chi connectivity index (χ0) is 13.9. The maximum atomic E-state index is 5.52. The van der Waals surface area contributed by atoms with Crippen LogP contribution in [0.3, 0.4) is 0 Å². The summed E-state index contributed by atoms with van der Waals surface area (Å²) in [4.78, 5) is 2.43. The maximum Gasteiger partial charge on any atom is 0.158 e. The maximum absolute atomic E-state index is 5.52. The first kappa shape index (κ1) is 16.9. The Morgan fingerprint density at radius 1 is 1.11 bits per heavy atom. The van der Waals surface area contributed by atoms with Gasteiger partial charge in [-0.2, -0.15) is 0 Å². The molecule has 1 heterocycles. The summed E-state index contributed by atoms with van der Waals surface area (Å²) in [6.45, 7) is 10.1. The average molecular weight is 272 g/mol. The van der Waals surface area contributed by atoms with Crippen LogP contribution in [0.2, 0.25) is 0 Å². The number of rotatable bonds is 10. The van der Waals surface area contributed by atoms with Crippen molar-refractivity contribution in [3.05, 3.63) is 0 Å². The van der Waals surface area contributed by atoms with E-state index in [0.717, 1.165) is 38.6 Å². The first-order chi connectivity index (χ1) is 9.26. The molecule has 0 aliphatic carbocycles. The molecule has 1 fully saturated rings. The fourth-order valence-corrected chi connectivity index (χ4v) is 2.59. The van der Waals surface area contributed by atoms with Crippen LogP contribution in [-0.4, -0.2) is 57.6 Å². The van der Waals surface area contributed by atoms with Crippen molar-refractivity contribution in [3.63, 3.8) is 0 Å². The van der Waals surface area contributed by atoms with Crippen molar-refractivity contribution in [3.8, 4) is 0 Å². The van der Waals surface area contributed by atoms with E-state index in [1.54, 1.807) is 0 Å². The van der Waals surface area contributed by atoms with Crippen LogP contribution in [-0.2, 0) is 9.47 Å². The standard InChI is InChI=1S/C15H32N2O2/c1-4-18-15(19-5-2)7-11-16-10-6-14-8-12-17(3)13-9-14/h14-16H,4-13H2,1-3H3. The molecule has 0 unspecified atom stereocenters. The predicted octanol–water partition coefficient (Wildman–Crippen LogP) is 2.10. The third-order valence-electron chi connectivity index (χ3n) is 3.83. The third-order valence-corrected chi connectivity index (χ3v) is 3.83. The highest BCUT2D eigenvalue weighted by Gasteiger charge is 2.15. The molecule has 19 heavy (non-hydrogen) atoms. The van der Waals surface area contributed by atoms with Crippen LogP contribution in [0.15, 0.2) is 0 Å². The molecule has 0 bridgehead atoms. The molecule has 1 aliphatic rings. The minimum absolute atomic E-state index is 0.0363. The minimum atomic E-state index is -0.0363. The van der Waals surface area contributed by atoms with Gasteiger partial charge in [0.2, 0.25) is 0 Å². The van der Waals surface area contributed by atoms with Gasteiger partial charge in [-0.25, -0.2) is 0 Å². The second kappa shape index (κ2) is 10.6. The summed E-state index contributed by atoms with van der Waals surface area (Å²) < 4.78 is 11.0. The predicted molar refractivity (Wildman–Crippen MR) is 79.4 cm³/mol. The highest BCUT2D eigenvalue weighted by Crippen LogP contribution is 2.18. The molecule has 0 atom stereocenters. The fourth-order valence-electron chi connectivity index (χ4n) is 2.59. The third kappa shape index (κ3) is 7.88. The molecular weight excluding hydrogens is 240 g/mol. The van der Waals surface area contributed by atoms with Gasteiger partial charge in [0.1, 0.15) is 0 Å². The van der Waals surface area contributed by atoms with Gasteiger partial charge >= 0.3 is 0 Å². The summed E-state index contributed by atoms with van der Waals surface area (Å²) >= 11 is 0. The Balaban J connectivity index is 1.97. The molecule has 0 aromatic carbocycles. The van der Waals surface area contributed by atoms with Gasteiger partial charge in [0.15, 0.2) is 6.29 Å². The van der Waals surface area contributed by atoms with Crippen molar-refractivity contribution >= 4 is 0 Å². The van der Waals surface area contributed by atoms with Gasteiger partial charge in [0.05, 0.1) is 0 Å². The first-order valence-corrected chi connectivity index (χ1v) is 7.88. The lowest BCUT2D eigenvalue weighted by Gasteiger charge is -2.29.